The highest BCUT2D eigenvalue weighted by Gasteiger charge is 2.44. The Kier molecular flexibility index (Phi) is 2.77. The summed E-state index contributed by atoms with van der Waals surface area (Å²) in [6.07, 6.45) is -1.45. The Balaban J connectivity index is 1.84. The van der Waals surface area contributed by atoms with Gasteiger partial charge in [0, 0.05) is 0 Å². The van der Waals surface area contributed by atoms with Gasteiger partial charge in [-0.25, -0.2) is 4.98 Å². The monoisotopic (exact) mass is 313 g/mol. The number of nitrogens with zero attached hydrogens (tertiary/aromatic N) is 5. The molecule has 1 aliphatic rings. The van der Waals surface area contributed by atoms with E-state index in [1.807, 2.05) is 0 Å². The number of aromatic nitrogens is 5. The van der Waals surface area contributed by atoms with Crippen molar-refractivity contribution in [2.24, 2.45) is 0 Å². The molecule has 0 aromatic carbocycles. The first-order chi connectivity index (χ1) is 10.6. The molecule has 11 heteroatoms. The molecule has 0 amide bonds. The lowest BCUT2D eigenvalue weighted by molar-refractivity contribution is -0.716. The van der Waals surface area contributed by atoms with Gasteiger partial charge in [-0.3, -0.25) is 9.09 Å². The maximum absolute atomic E-state index is 10.1. The average molecular weight is 313 g/mol. The van der Waals surface area contributed by atoms with E-state index in [1.54, 1.807) is 0 Å². The van der Waals surface area contributed by atoms with E-state index in [2.05, 4.69) is 15.0 Å². The number of imidazole rings is 1. The predicted octanol–water partition coefficient (Wildman–Crippen LogP) is -2.65. The van der Waals surface area contributed by atoms with E-state index in [1.165, 1.54) is 21.8 Å². The summed E-state index contributed by atoms with van der Waals surface area (Å²) in [7, 11) is 0. The van der Waals surface area contributed by atoms with Crippen molar-refractivity contribution in [3.63, 3.8) is 0 Å². The van der Waals surface area contributed by atoms with Crippen LogP contribution in [-0.4, -0.2) is 59.8 Å². The number of aliphatic hydroxyl groups is 3. The van der Waals surface area contributed by atoms with Crippen LogP contribution in [-0.2, 0) is 4.74 Å². The quantitative estimate of drug-likeness (QED) is 0.293. The second-order valence-corrected chi connectivity index (χ2v) is 4.99. The van der Waals surface area contributed by atoms with Gasteiger partial charge < -0.3 is 25.8 Å². The Morgan fingerprint density at radius 1 is 1.32 bits per heavy atom. The van der Waals surface area contributed by atoms with Gasteiger partial charge in [0.25, 0.3) is 6.33 Å². The van der Waals surface area contributed by atoms with E-state index in [4.69, 9.17) is 20.1 Å². The van der Waals surface area contributed by atoms with Gasteiger partial charge in [-0.05, 0) is 9.56 Å². The van der Waals surface area contributed by atoms with Crippen LogP contribution in [0.5, 0.6) is 0 Å². The third-order valence-corrected chi connectivity index (χ3v) is 3.67. The van der Waals surface area contributed by atoms with Gasteiger partial charge in [0.15, 0.2) is 6.23 Å². The number of nitrogen functional groups attached to an aromatic ring is 1. The van der Waals surface area contributed by atoms with Gasteiger partial charge in [0.05, 0.1) is 6.61 Å². The molecule has 22 heavy (non-hydrogen) atoms. The third-order valence-electron chi connectivity index (χ3n) is 3.67. The SMILES string of the molecule is [15NH2]c1[15n]c2c3[15n][13cH]n([C@@H]4O[C@H](CO)[C@@H](O)[C@H]4O)c3nc[n+]2o1. The van der Waals surface area contributed by atoms with Crippen molar-refractivity contribution >= 4 is 22.8 Å². The maximum Gasteiger partial charge on any atom is 0.406 e. The number of ether oxygens (including phenoxy) is 1. The molecule has 0 radical (unpaired) electrons. The fourth-order valence-electron chi connectivity index (χ4n) is 2.60. The summed E-state index contributed by atoms with van der Waals surface area (Å²) in [6.45, 7) is -0.408. The summed E-state index contributed by atoms with van der Waals surface area (Å²) in [5.74, 6) is 0. The minimum Gasteiger partial charge on any atom is -0.394 e. The fourth-order valence-corrected chi connectivity index (χ4v) is 2.60. The van der Waals surface area contributed by atoms with Crippen LogP contribution in [0.25, 0.3) is 16.8 Å². The van der Waals surface area contributed by atoms with Crippen molar-refractivity contribution in [1.29, 1.82) is 0 Å². The number of aliphatic hydroxyl groups excluding tert-OH is 3. The molecule has 4 rings (SSSR count). The van der Waals surface area contributed by atoms with Crippen LogP contribution in [0, 0.1) is 0 Å². The molecule has 1 aliphatic heterocycles. The molecule has 0 unspecified atom stereocenters. The zero-order valence-electron chi connectivity index (χ0n) is 11.1. The molecule has 3 aromatic heterocycles. The fraction of sp³-hybridized carbons (Fsp3) is 0.455. The van der Waals surface area contributed by atoms with E-state index in [0.29, 0.717) is 16.8 Å². The second-order valence-electron chi connectivity index (χ2n) is 4.99. The average Bonchev–Trinajstić information content (AvgIpc) is 3.15. The maximum atomic E-state index is 10.1. The Labute approximate surface area is 122 Å². The van der Waals surface area contributed by atoms with Crippen LogP contribution in [0.2, 0.25) is 0 Å². The van der Waals surface area contributed by atoms with Crippen molar-refractivity contribution in [2.45, 2.75) is 24.5 Å². The second kappa shape index (κ2) is 4.58. The zero-order chi connectivity index (χ0) is 15.4. The molecular weight excluding hydrogens is 300 g/mol. The first-order valence-corrected chi connectivity index (χ1v) is 6.52. The minimum absolute atomic E-state index is 0.0308. The van der Waals surface area contributed by atoms with Gasteiger partial charge in [-0.15, -0.1) is 0 Å². The van der Waals surface area contributed by atoms with E-state index in [9.17, 15) is 10.2 Å². The number of rotatable bonds is 2. The van der Waals surface area contributed by atoms with Crippen LogP contribution >= 0.6 is 0 Å². The molecule has 4 atom stereocenters. The summed E-state index contributed by atoms with van der Waals surface area (Å²) in [5.41, 5.74) is 6.65. The summed E-state index contributed by atoms with van der Waals surface area (Å²) in [4.78, 5) is 12.4. The van der Waals surface area contributed by atoms with Crippen molar-refractivity contribution in [1.82, 2.24) is 19.5 Å². The number of hydrogen-bond donors (Lipinski definition) is 4. The predicted molar refractivity (Wildman–Crippen MR) is 68.2 cm³/mol. The number of nitrogens with two attached hydrogens (primary N) is 1. The smallest absolute Gasteiger partial charge is 0.394 e. The molecule has 0 bridgehead atoms. The van der Waals surface area contributed by atoms with Crippen LogP contribution in [0.4, 0.5) is 6.01 Å². The van der Waals surface area contributed by atoms with Crippen molar-refractivity contribution in [3.8, 4) is 0 Å². The highest BCUT2D eigenvalue weighted by Crippen LogP contribution is 2.31. The largest absolute Gasteiger partial charge is 0.406 e. The lowest BCUT2D eigenvalue weighted by Gasteiger charge is -2.15. The highest BCUT2D eigenvalue weighted by atomic mass is 16.6. The lowest BCUT2D eigenvalue weighted by Crippen LogP contribution is -2.33. The van der Waals surface area contributed by atoms with Crippen molar-refractivity contribution in [2.75, 3.05) is 12.3 Å². The Morgan fingerprint density at radius 3 is 2.86 bits per heavy atom. The molecule has 5 N–H and O–H groups in total. The van der Waals surface area contributed by atoms with Gasteiger partial charge >= 0.3 is 11.7 Å². The van der Waals surface area contributed by atoms with Crippen molar-refractivity contribution in [3.05, 3.63) is 12.7 Å². The molecule has 3 aromatic rings. The molecule has 0 saturated carbocycles. The Bertz CT molecular complexity index is 846. The number of hydrogen-bond acceptors (Lipinski definition) is 9. The lowest BCUT2D eigenvalue weighted by atomic mass is 10.1. The molecule has 1 fully saturated rings. The molecular formula is C11H13N6O5+. The first-order valence-electron chi connectivity index (χ1n) is 6.52. The Morgan fingerprint density at radius 2 is 2.14 bits per heavy atom. The minimum atomic E-state index is -1.22. The molecule has 4 heterocycles. The van der Waals surface area contributed by atoms with Gasteiger partial charge in [-0.1, -0.05) is 4.98 Å². The van der Waals surface area contributed by atoms with Gasteiger partial charge in [-0.2, -0.15) is 0 Å². The molecule has 1 saturated heterocycles. The van der Waals surface area contributed by atoms with Gasteiger partial charge in [0.2, 0.25) is 11.2 Å². The van der Waals surface area contributed by atoms with E-state index >= 15 is 0 Å². The van der Waals surface area contributed by atoms with Crippen LogP contribution in [0.1, 0.15) is 6.23 Å². The van der Waals surface area contributed by atoms with Crippen LogP contribution < -0.4 is 10.3 Å². The van der Waals surface area contributed by atoms with Gasteiger partial charge in [0.1, 0.15) is 24.6 Å². The summed E-state index contributed by atoms with van der Waals surface area (Å²) >= 11 is 0. The summed E-state index contributed by atoms with van der Waals surface area (Å²) in [6, 6.07) is -0.0308. The molecule has 0 spiro atoms. The van der Waals surface area contributed by atoms with E-state index < -0.39 is 31.1 Å². The molecule has 11 nitrogen and oxygen atoms in total. The number of fused-ring (bicyclic) bond motifs is 3. The van der Waals surface area contributed by atoms with Crippen LogP contribution in [0.15, 0.2) is 17.2 Å². The van der Waals surface area contributed by atoms with Crippen molar-refractivity contribution < 1.29 is 29.2 Å². The van der Waals surface area contributed by atoms with E-state index in [0.717, 1.165) is 0 Å². The zero-order valence-corrected chi connectivity index (χ0v) is 11.1. The normalized spacial score (nSPS) is 28.9. The first kappa shape index (κ1) is 13.3. The third kappa shape index (κ3) is 1.70. The van der Waals surface area contributed by atoms with E-state index in [-0.39, 0.29) is 6.01 Å². The van der Waals surface area contributed by atoms with Crippen LogP contribution in [0.3, 0.4) is 0 Å². The molecule has 116 valence electrons. The Hall–Kier alpha value is -2.34. The number of anilines is 1. The summed E-state index contributed by atoms with van der Waals surface area (Å²) < 4.78 is 13.3. The molecule has 0 aliphatic carbocycles. The summed E-state index contributed by atoms with van der Waals surface area (Å²) in [5, 5.41) is 29.1. The standard InChI is InChI=1S/C11H12N6O5/c12-11-15-9-5-8(14-3-17(9)22-11)16(2-13-5)10-7(20)6(19)4(1-18)21-10/h2-4,6-7,10,12,18-20H,1H2/p+1/t4-,6-,7-,10-/m1/s1/i2+1,12+1,13+1,15+1. The topological polar surface area (TPSA) is 157 Å². The highest BCUT2D eigenvalue weighted by molar-refractivity contribution is 5.82.